The van der Waals surface area contributed by atoms with E-state index in [0.717, 1.165) is 45.5 Å². The summed E-state index contributed by atoms with van der Waals surface area (Å²) in [5.41, 5.74) is 7.37. The lowest BCUT2D eigenvalue weighted by atomic mass is 10.0. The van der Waals surface area contributed by atoms with Crippen LogP contribution in [0.3, 0.4) is 0 Å². The molecule has 0 spiro atoms. The van der Waals surface area contributed by atoms with Crippen LogP contribution in [0.1, 0.15) is 27.9 Å². The Bertz CT molecular complexity index is 1640. The van der Waals surface area contributed by atoms with Gasteiger partial charge in [-0.25, -0.2) is 4.79 Å². The largest absolute Gasteiger partial charge is 0.497 e. The molecule has 0 unspecified atom stereocenters. The van der Waals surface area contributed by atoms with Crippen LogP contribution in [0.4, 0.5) is 18.9 Å². The molecule has 3 N–H and O–H groups in total. The number of benzene rings is 3. The number of alkyl halides is 3. The van der Waals surface area contributed by atoms with Gasteiger partial charge in [0.15, 0.2) is 0 Å². The average molecular weight is 565 g/mol. The van der Waals surface area contributed by atoms with E-state index in [1.807, 2.05) is 48.6 Å². The molecule has 0 saturated carbocycles. The first-order valence-electron chi connectivity index (χ1n) is 12.4. The number of carboxylic acids is 1. The van der Waals surface area contributed by atoms with Gasteiger partial charge in [-0.2, -0.15) is 18.3 Å². The van der Waals surface area contributed by atoms with Crippen LogP contribution in [0.15, 0.2) is 60.7 Å². The van der Waals surface area contributed by atoms with Gasteiger partial charge in [-0.1, -0.05) is 36.4 Å². The lowest BCUT2D eigenvalue weighted by molar-refractivity contribution is -0.192. The fourth-order valence-electron chi connectivity index (χ4n) is 4.15. The molecule has 1 aliphatic rings. The maximum Gasteiger partial charge on any atom is 0.490 e. The van der Waals surface area contributed by atoms with E-state index in [1.54, 1.807) is 7.11 Å². The fraction of sp³-hybridized carbons (Fsp3) is 0.167. The molecule has 2 heterocycles. The van der Waals surface area contributed by atoms with Crippen molar-refractivity contribution in [2.24, 2.45) is 0 Å². The molecule has 0 fully saturated rings. The number of aromatic amines is 1. The van der Waals surface area contributed by atoms with E-state index in [-0.39, 0.29) is 5.91 Å². The summed E-state index contributed by atoms with van der Waals surface area (Å²) in [6, 6.07) is 20.2. The number of fused-ring (bicyclic) bond motifs is 2. The number of H-pyrrole nitrogens is 1. The highest BCUT2D eigenvalue weighted by atomic mass is 19.4. The highest BCUT2D eigenvalue weighted by Gasteiger charge is 2.38. The van der Waals surface area contributed by atoms with Crippen molar-refractivity contribution in [3.05, 3.63) is 88.6 Å². The third kappa shape index (κ3) is 7.20. The molecule has 5 rings (SSSR count). The molecule has 11 heteroatoms. The number of rotatable bonds is 6. The number of anilines is 1. The van der Waals surface area contributed by atoms with E-state index in [4.69, 9.17) is 14.6 Å². The number of aliphatic carboxylic acids is 1. The van der Waals surface area contributed by atoms with Crippen LogP contribution in [0, 0.1) is 0 Å². The summed E-state index contributed by atoms with van der Waals surface area (Å²) in [5.74, 6) is -2.16. The monoisotopic (exact) mass is 564 g/mol. The minimum Gasteiger partial charge on any atom is -0.497 e. The molecular weight excluding hydrogens is 537 g/mol. The van der Waals surface area contributed by atoms with Crippen LogP contribution in [-0.4, -0.2) is 59.5 Å². The summed E-state index contributed by atoms with van der Waals surface area (Å²) in [7, 11) is 5.75. The Hall–Kier alpha value is -4.90. The summed E-state index contributed by atoms with van der Waals surface area (Å²) in [4.78, 5) is 23.6. The minimum atomic E-state index is -5.08. The molecule has 8 nitrogen and oxygen atoms in total. The van der Waals surface area contributed by atoms with Crippen molar-refractivity contribution in [2.75, 3.05) is 26.5 Å². The lowest BCUT2D eigenvalue weighted by Crippen LogP contribution is -2.21. The van der Waals surface area contributed by atoms with Crippen LogP contribution in [-0.2, 0) is 16.1 Å². The van der Waals surface area contributed by atoms with E-state index in [2.05, 4.69) is 64.9 Å². The van der Waals surface area contributed by atoms with Crippen LogP contribution in [0.5, 0.6) is 5.75 Å². The molecule has 1 aromatic heterocycles. The zero-order valence-electron chi connectivity index (χ0n) is 22.4. The predicted octanol–water partition coefficient (Wildman–Crippen LogP) is 5.93. The molecule has 0 saturated heterocycles. The van der Waals surface area contributed by atoms with Crippen molar-refractivity contribution >= 4 is 52.3 Å². The molecule has 1 aliphatic heterocycles. The smallest absolute Gasteiger partial charge is 0.490 e. The van der Waals surface area contributed by atoms with Crippen molar-refractivity contribution in [1.29, 1.82) is 0 Å². The van der Waals surface area contributed by atoms with E-state index < -0.39 is 12.1 Å². The second-order valence-electron chi connectivity index (χ2n) is 9.45. The number of ether oxygens (including phenoxy) is 1. The first-order valence-corrected chi connectivity index (χ1v) is 12.4. The number of aromatic nitrogens is 2. The normalized spacial score (nSPS) is 13.8. The summed E-state index contributed by atoms with van der Waals surface area (Å²) in [5, 5.41) is 18.7. The standard InChI is InChI=1S/C28H26N4O2.C2HF3O2/c1-32(2)17-19-6-4-18(5-7-19)9-12-26-22-11-8-20(15-27(22)31-30-26)14-24-23-16-21(34-3)10-13-25(23)29-28(24)33;3-2(4,5)1(6)7/h4-16H,17H2,1-3H3,(H,29,33)(H,30,31);(H,6,7)/b12-9?,24-14+;. The Morgan fingerprint density at radius 3 is 2.34 bits per heavy atom. The number of methoxy groups -OCH3 is 1. The number of hydrogen-bond acceptors (Lipinski definition) is 5. The second-order valence-corrected chi connectivity index (χ2v) is 9.45. The quantitative estimate of drug-likeness (QED) is 0.251. The Morgan fingerprint density at radius 1 is 1.02 bits per heavy atom. The number of amides is 1. The number of carbonyl (C=O) groups is 2. The number of nitrogens with one attached hydrogen (secondary N) is 2. The van der Waals surface area contributed by atoms with Gasteiger partial charge in [0.1, 0.15) is 5.75 Å². The van der Waals surface area contributed by atoms with Crippen LogP contribution >= 0.6 is 0 Å². The fourth-order valence-corrected chi connectivity index (χ4v) is 4.15. The summed E-state index contributed by atoms with van der Waals surface area (Å²) in [6.07, 6.45) is 0.897. The van der Waals surface area contributed by atoms with Gasteiger partial charge in [0.25, 0.3) is 5.91 Å². The van der Waals surface area contributed by atoms with E-state index in [9.17, 15) is 18.0 Å². The Morgan fingerprint density at radius 2 is 1.71 bits per heavy atom. The molecule has 0 atom stereocenters. The van der Waals surface area contributed by atoms with Crippen molar-refractivity contribution in [1.82, 2.24) is 15.1 Å². The molecule has 4 aromatic rings. The molecule has 0 radical (unpaired) electrons. The van der Waals surface area contributed by atoms with Crippen molar-refractivity contribution < 1.29 is 32.6 Å². The maximum absolute atomic E-state index is 12.5. The first kappa shape index (κ1) is 29.1. The number of carbonyl (C=O) groups excluding carboxylic acids is 1. The zero-order valence-corrected chi connectivity index (χ0v) is 22.4. The van der Waals surface area contributed by atoms with E-state index in [0.29, 0.717) is 11.3 Å². The van der Waals surface area contributed by atoms with Gasteiger partial charge in [0.05, 0.1) is 18.3 Å². The third-order valence-electron chi connectivity index (χ3n) is 6.09. The number of halogens is 3. The molecule has 0 bridgehead atoms. The van der Waals surface area contributed by atoms with Gasteiger partial charge < -0.3 is 20.1 Å². The first-order chi connectivity index (χ1) is 19.4. The summed E-state index contributed by atoms with van der Waals surface area (Å²) in [6.45, 7) is 0.924. The SMILES string of the molecule is COc1ccc2c(c1)/C(=C\c1ccc3c(C=Cc4ccc(CN(C)C)cc4)n[nH]c3c1)C(=O)N2.O=C(O)C(F)(F)F. The molecular formula is C30H27F3N4O4. The molecule has 0 aliphatic carbocycles. The number of nitrogens with zero attached hydrogens (tertiary/aromatic N) is 2. The van der Waals surface area contributed by atoms with Crippen LogP contribution < -0.4 is 10.1 Å². The minimum absolute atomic E-state index is 0.117. The highest BCUT2D eigenvalue weighted by Crippen LogP contribution is 2.36. The van der Waals surface area contributed by atoms with Gasteiger partial charge in [0.2, 0.25) is 0 Å². The predicted molar refractivity (Wildman–Crippen MR) is 152 cm³/mol. The average Bonchev–Trinajstić information content (AvgIpc) is 3.47. The van der Waals surface area contributed by atoms with Gasteiger partial charge in [-0.05, 0) is 73.3 Å². The van der Waals surface area contributed by atoms with Gasteiger partial charge in [-0.3, -0.25) is 9.89 Å². The Labute approximate surface area is 233 Å². The van der Waals surface area contributed by atoms with Gasteiger partial charge >= 0.3 is 12.1 Å². The lowest BCUT2D eigenvalue weighted by Gasteiger charge is -2.09. The zero-order chi connectivity index (χ0) is 29.7. The van der Waals surface area contributed by atoms with Crippen LogP contribution in [0.2, 0.25) is 0 Å². The van der Waals surface area contributed by atoms with Crippen molar-refractivity contribution in [3.8, 4) is 5.75 Å². The number of carboxylic acid groups (broad SMARTS) is 1. The van der Waals surface area contributed by atoms with Crippen molar-refractivity contribution in [3.63, 3.8) is 0 Å². The van der Waals surface area contributed by atoms with Gasteiger partial charge in [-0.15, -0.1) is 0 Å². The van der Waals surface area contributed by atoms with Crippen molar-refractivity contribution in [2.45, 2.75) is 12.7 Å². The third-order valence-corrected chi connectivity index (χ3v) is 6.09. The summed E-state index contributed by atoms with van der Waals surface area (Å²) < 4.78 is 37.1. The van der Waals surface area contributed by atoms with E-state index >= 15 is 0 Å². The second kappa shape index (κ2) is 12.1. The van der Waals surface area contributed by atoms with Gasteiger partial charge in [0, 0.05) is 28.8 Å². The number of hydrogen-bond donors (Lipinski definition) is 3. The Kier molecular flexibility index (Phi) is 8.58. The topological polar surface area (TPSA) is 108 Å². The molecule has 3 aromatic carbocycles. The summed E-state index contributed by atoms with van der Waals surface area (Å²) >= 11 is 0. The molecule has 1 amide bonds. The van der Waals surface area contributed by atoms with E-state index in [1.165, 1.54) is 5.56 Å². The van der Waals surface area contributed by atoms with Crippen LogP contribution in [0.25, 0.3) is 34.7 Å². The highest BCUT2D eigenvalue weighted by molar-refractivity contribution is 6.35. The molecule has 212 valence electrons. The maximum atomic E-state index is 12.5. The Balaban J connectivity index is 0.000000493. The molecule has 41 heavy (non-hydrogen) atoms.